The molecule has 1 aliphatic carbocycles. The Labute approximate surface area is 57.1 Å². The molecule has 0 aromatic carbocycles. The van der Waals surface area contributed by atoms with Crippen molar-refractivity contribution in [1.29, 1.82) is 0 Å². The first kappa shape index (κ1) is 7.07. The molecular weight excluding hydrogens is 112 g/mol. The Morgan fingerprint density at radius 2 is 2.11 bits per heavy atom. The molecule has 1 fully saturated rings. The summed E-state index contributed by atoms with van der Waals surface area (Å²) < 4.78 is 0. The van der Waals surface area contributed by atoms with Gasteiger partial charge in [0.15, 0.2) is 0 Å². The number of rotatable bonds is 2. The van der Waals surface area contributed by atoms with E-state index in [9.17, 15) is 0 Å². The lowest BCUT2D eigenvalue weighted by Crippen LogP contribution is -2.04. The highest BCUT2D eigenvalue weighted by Gasteiger charge is 2.47. The lowest BCUT2D eigenvalue weighted by atomic mass is 10.2. The van der Waals surface area contributed by atoms with Crippen LogP contribution >= 0.6 is 0 Å². The fourth-order valence-electron chi connectivity index (χ4n) is 2.02. The number of hydrogen-bond donors (Lipinski definition) is 1. The molecule has 4 unspecified atom stereocenters. The van der Waals surface area contributed by atoms with E-state index >= 15 is 0 Å². The van der Waals surface area contributed by atoms with E-state index in [0.29, 0.717) is 5.92 Å². The summed E-state index contributed by atoms with van der Waals surface area (Å²) in [6.45, 7) is 6.33. The minimum Gasteiger partial charge on any atom is -0.393 e. The van der Waals surface area contributed by atoms with Crippen LogP contribution < -0.4 is 0 Å². The molecule has 0 aliphatic heterocycles. The van der Waals surface area contributed by atoms with E-state index in [2.05, 4.69) is 13.8 Å². The predicted octanol–water partition coefficient (Wildman–Crippen LogP) is 1.66. The molecule has 4 atom stereocenters. The molecule has 1 heteroatoms. The summed E-state index contributed by atoms with van der Waals surface area (Å²) in [6, 6.07) is 0. The number of aliphatic hydroxyl groups is 1. The van der Waals surface area contributed by atoms with E-state index in [0.717, 1.165) is 11.8 Å². The van der Waals surface area contributed by atoms with Crippen molar-refractivity contribution in [2.24, 2.45) is 17.8 Å². The smallest absolute Gasteiger partial charge is 0.0545 e. The highest BCUT2D eigenvalue weighted by Crippen LogP contribution is 2.49. The summed E-state index contributed by atoms with van der Waals surface area (Å²) in [7, 11) is 0. The molecule has 54 valence electrons. The first-order chi connectivity index (χ1) is 4.18. The van der Waals surface area contributed by atoms with Gasteiger partial charge in [0.05, 0.1) is 6.10 Å². The van der Waals surface area contributed by atoms with Crippen LogP contribution in [-0.2, 0) is 0 Å². The lowest BCUT2D eigenvalue weighted by molar-refractivity contribution is 0.160. The maximum Gasteiger partial charge on any atom is 0.0545 e. The molecule has 0 heterocycles. The standard InChI is InChI=1S/C8H16O/c1-4-7-5(2)8(7)6(3)9/h5-9H,4H2,1-3H3. The van der Waals surface area contributed by atoms with Crippen molar-refractivity contribution >= 4 is 0 Å². The van der Waals surface area contributed by atoms with Crippen LogP contribution in [0.25, 0.3) is 0 Å². The van der Waals surface area contributed by atoms with Gasteiger partial charge in [0, 0.05) is 0 Å². The van der Waals surface area contributed by atoms with Crippen LogP contribution in [-0.4, -0.2) is 11.2 Å². The highest BCUT2D eigenvalue weighted by atomic mass is 16.3. The Kier molecular flexibility index (Phi) is 1.80. The van der Waals surface area contributed by atoms with Crippen LogP contribution in [0.5, 0.6) is 0 Å². The van der Waals surface area contributed by atoms with Crippen molar-refractivity contribution in [3.63, 3.8) is 0 Å². The molecule has 1 saturated carbocycles. The molecule has 0 radical (unpaired) electrons. The first-order valence-corrected chi connectivity index (χ1v) is 3.86. The summed E-state index contributed by atoms with van der Waals surface area (Å²) in [6.07, 6.45) is 1.15. The normalized spacial score (nSPS) is 44.7. The van der Waals surface area contributed by atoms with Crippen molar-refractivity contribution in [2.75, 3.05) is 0 Å². The minimum absolute atomic E-state index is 0.0788. The van der Waals surface area contributed by atoms with Gasteiger partial charge >= 0.3 is 0 Å². The zero-order chi connectivity index (χ0) is 7.02. The monoisotopic (exact) mass is 128 g/mol. The third-order valence-corrected chi connectivity index (χ3v) is 2.66. The SMILES string of the molecule is CCC1C(C)C1C(C)O. The van der Waals surface area contributed by atoms with E-state index in [4.69, 9.17) is 5.11 Å². The molecule has 0 amide bonds. The van der Waals surface area contributed by atoms with Crippen LogP contribution in [0.15, 0.2) is 0 Å². The van der Waals surface area contributed by atoms with Crippen LogP contribution in [0.4, 0.5) is 0 Å². The van der Waals surface area contributed by atoms with Gasteiger partial charge in [-0.15, -0.1) is 0 Å². The molecular formula is C8H16O. The van der Waals surface area contributed by atoms with Crippen LogP contribution in [0.2, 0.25) is 0 Å². The molecule has 1 rings (SSSR count). The van der Waals surface area contributed by atoms with Gasteiger partial charge in [-0.2, -0.15) is 0 Å². The Balaban J connectivity index is 2.33. The molecule has 0 saturated heterocycles. The molecule has 1 nitrogen and oxygen atoms in total. The van der Waals surface area contributed by atoms with Crippen molar-refractivity contribution in [1.82, 2.24) is 0 Å². The van der Waals surface area contributed by atoms with E-state index < -0.39 is 0 Å². The molecule has 1 aliphatic rings. The van der Waals surface area contributed by atoms with E-state index in [1.165, 1.54) is 6.42 Å². The Hall–Kier alpha value is -0.0400. The number of hydrogen-bond acceptors (Lipinski definition) is 1. The fourth-order valence-corrected chi connectivity index (χ4v) is 2.02. The molecule has 0 aromatic rings. The Bertz CT molecular complexity index is 98.7. The highest BCUT2D eigenvalue weighted by molar-refractivity contribution is 4.95. The van der Waals surface area contributed by atoms with Gasteiger partial charge in [0.1, 0.15) is 0 Å². The lowest BCUT2D eigenvalue weighted by Gasteiger charge is -1.99. The minimum atomic E-state index is -0.0788. The van der Waals surface area contributed by atoms with E-state index in [-0.39, 0.29) is 6.10 Å². The Morgan fingerprint density at radius 1 is 1.56 bits per heavy atom. The van der Waals surface area contributed by atoms with Crippen LogP contribution in [0.3, 0.4) is 0 Å². The topological polar surface area (TPSA) is 20.2 Å². The summed E-state index contributed by atoms with van der Waals surface area (Å²) in [5.41, 5.74) is 0. The van der Waals surface area contributed by atoms with Crippen molar-refractivity contribution in [2.45, 2.75) is 33.3 Å². The fraction of sp³-hybridized carbons (Fsp3) is 1.00. The predicted molar refractivity (Wildman–Crippen MR) is 38.1 cm³/mol. The average molecular weight is 128 g/mol. The van der Waals surface area contributed by atoms with E-state index in [1.54, 1.807) is 0 Å². The molecule has 0 spiro atoms. The van der Waals surface area contributed by atoms with Gasteiger partial charge in [0.2, 0.25) is 0 Å². The van der Waals surface area contributed by atoms with Gasteiger partial charge in [-0.3, -0.25) is 0 Å². The number of aliphatic hydroxyl groups excluding tert-OH is 1. The van der Waals surface area contributed by atoms with Crippen molar-refractivity contribution in [3.8, 4) is 0 Å². The largest absolute Gasteiger partial charge is 0.393 e. The molecule has 1 N–H and O–H groups in total. The zero-order valence-electron chi connectivity index (χ0n) is 6.46. The zero-order valence-corrected chi connectivity index (χ0v) is 6.46. The van der Waals surface area contributed by atoms with Gasteiger partial charge in [0.25, 0.3) is 0 Å². The molecule has 0 aromatic heterocycles. The second-order valence-electron chi connectivity index (χ2n) is 3.25. The second kappa shape index (κ2) is 2.30. The van der Waals surface area contributed by atoms with Gasteiger partial charge in [-0.25, -0.2) is 0 Å². The summed E-state index contributed by atoms with van der Waals surface area (Å²) in [5.74, 6) is 2.19. The maximum absolute atomic E-state index is 9.16. The molecule has 0 bridgehead atoms. The van der Waals surface area contributed by atoms with Crippen LogP contribution in [0.1, 0.15) is 27.2 Å². The quantitative estimate of drug-likeness (QED) is 0.599. The maximum atomic E-state index is 9.16. The van der Waals surface area contributed by atoms with Crippen molar-refractivity contribution < 1.29 is 5.11 Å². The summed E-state index contributed by atoms with van der Waals surface area (Å²) in [5, 5.41) is 9.16. The van der Waals surface area contributed by atoms with E-state index in [1.807, 2.05) is 6.92 Å². The van der Waals surface area contributed by atoms with Crippen LogP contribution in [0, 0.1) is 17.8 Å². The summed E-state index contributed by atoms with van der Waals surface area (Å²) in [4.78, 5) is 0. The van der Waals surface area contributed by atoms with Crippen molar-refractivity contribution in [3.05, 3.63) is 0 Å². The Morgan fingerprint density at radius 3 is 2.22 bits per heavy atom. The second-order valence-corrected chi connectivity index (χ2v) is 3.25. The van der Waals surface area contributed by atoms with Gasteiger partial charge < -0.3 is 5.11 Å². The summed E-state index contributed by atoms with van der Waals surface area (Å²) >= 11 is 0. The third kappa shape index (κ3) is 1.11. The van der Waals surface area contributed by atoms with Gasteiger partial charge in [-0.1, -0.05) is 20.3 Å². The van der Waals surface area contributed by atoms with Gasteiger partial charge in [-0.05, 0) is 24.7 Å². The third-order valence-electron chi connectivity index (χ3n) is 2.66. The first-order valence-electron chi connectivity index (χ1n) is 3.86. The average Bonchev–Trinajstić information content (AvgIpc) is 2.40. The molecule has 9 heavy (non-hydrogen) atoms.